The zero-order valence-corrected chi connectivity index (χ0v) is 12.4. The van der Waals surface area contributed by atoms with Crippen molar-refractivity contribution in [2.45, 2.75) is 70.9 Å². The van der Waals surface area contributed by atoms with Crippen LogP contribution in [0, 0.1) is 11.3 Å². The lowest BCUT2D eigenvalue weighted by molar-refractivity contribution is -0.141. The Morgan fingerprint density at radius 2 is 1.80 bits per heavy atom. The monoisotopic (exact) mass is 282 g/mol. The average molecular weight is 282 g/mol. The number of carboxylic acids is 1. The minimum absolute atomic E-state index is 0.00713. The number of aliphatic carboxylic acids is 1. The average Bonchev–Trinajstić information content (AvgIpc) is 2.75. The highest BCUT2D eigenvalue weighted by atomic mass is 16.4. The number of hydrogen-bond acceptors (Lipinski definition) is 2. The Morgan fingerprint density at radius 3 is 2.40 bits per heavy atom. The van der Waals surface area contributed by atoms with Crippen LogP contribution >= 0.6 is 0 Å². The van der Waals surface area contributed by atoms with E-state index in [1.165, 1.54) is 6.42 Å². The van der Waals surface area contributed by atoms with Gasteiger partial charge in [-0.1, -0.05) is 20.3 Å². The minimum Gasteiger partial charge on any atom is -0.481 e. The van der Waals surface area contributed by atoms with Gasteiger partial charge in [0.15, 0.2) is 0 Å². The molecule has 114 valence electrons. The highest BCUT2D eigenvalue weighted by Gasteiger charge is 2.32. The topological polar surface area (TPSA) is 78.4 Å². The molecule has 3 unspecified atom stereocenters. The van der Waals surface area contributed by atoms with Crippen LogP contribution in [-0.4, -0.2) is 29.2 Å². The van der Waals surface area contributed by atoms with E-state index in [-0.39, 0.29) is 24.0 Å². The van der Waals surface area contributed by atoms with Gasteiger partial charge in [0, 0.05) is 12.1 Å². The summed E-state index contributed by atoms with van der Waals surface area (Å²) in [5.74, 6) is -1.04. The minimum atomic E-state index is -0.747. The lowest BCUT2D eigenvalue weighted by Gasteiger charge is -2.35. The second-order valence-corrected chi connectivity index (χ2v) is 7.12. The molecule has 20 heavy (non-hydrogen) atoms. The number of carboxylic acid groups (broad SMARTS) is 1. The van der Waals surface area contributed by atoms with Gasteiger partial charge in [0.25, 0.3) is 0 Å². The van der Waals surface area contributed by atoms with Gasteiger partial charge in [0.2, 0.25) is 0 Å². The molecule has 3 atom stereocenters. The van der Waals surface area contributed by atoms with Crippen LogP contribution in [0.5, 0.6) is 0 Å². The van der Waals surface area contributed by atoms with Crippen LogP contribution in [0.4, 0.5) is 4.79 Å². The normalized spacial score (nSPS) is 32.6. The first kappa shape index (κ1) is 15.1. The van der Waals surface area contributed by atoms with Crippen LogP contribution in [0.3, 0.4) is 0 Å². The largest absolute Gasteiger partial charge is 0.481 e. The summed E-state index contributed by atoms with van der Waals surface area (Å²) in [4.78, 5) is 22.9. The summed E-state index contributed by atoms with van der Waals surface area (Å²) in [5, 5.41) is 14.9. The van der Waals surface area contributed by atoms with E-state index in [9.17, 15) is 9.59 Å². The second kappa shape index (κ2) is 6.02. The number of nitrogens with one attached hydrogen (secondary N) is 2. The van der Waals surface area contributed by atoms with E-state index in [1.807, 2.05) is 0 Å². The van der Waals surface area contributed by atoms with Crippen LogP contribution in [-0.2, 0) is 4.79 Å². The molecule has 0 spiro atoms. The van der Waals surface area contributed by atoms with Crippen molar-refractivity contribution in [3.8, 4) is 0 Å². The molecule has 0 saturated heterocycles. The zero-order valence-electron chi connectivity index (χ0n) is 12.4. The van der Waals surface area contributed by atoms with Crippen molar-refractivity contribution in [3.63, 3.8) is 0 Å². The van der Waals surface area contributed by atoms with E-state index in [4.69, 9.17) is 5.11 Å². The Balaban J connectivity index is 1.74. The summed E-state index contributed by atoms with van der Waals surface area (Å²) in [6.45, 7) is 4.49. The van der Waals surface area contributed by atoms with Crippen molar-refractivity contribution in [3.05, 3.63) is 0 Å². The van der Waals surface area contributed by atoms with Crippen LogP contribution < -0.4 is 10.6 Å². The van der Waals surface area contributed by atoms with Crippen molar-refractivity contribution in [1.82, 2.24) is 10.6 Å². The fraction of sp³-hybridized carbons (Fsp3) is 0.867. The third-order valence-corrected chi connectivity index (χ3v) is 4.66. The van der Waals surface area contributed by atoms with Crippen LogP contribution in [0.15, 0.2) is 0 Å². The van der Waals surface area contributed by atoms with Crippen LogP contribution in [0.25, 0.3) is 0 Å². The quantitative estimate of drug-likeness (QED) is 0.744. The van der Waals surface area contributed by atoms with E-state index in [2.05, 4.69) is 24.5 Å². The summed E-state index contributed by atoms with van der Waals surface area (Å²) in [7, 11) is 0. The molecule has 5 nitrogen and oxygen atoms in total. The molecule has 2 amide bonds. The van der Waals surface area contributed by atoms with E-state index < -0.39 is 5.97 Å². The van der Waals surface area contributed by atoms with Gasteiger partial charge in [0.05, 0.1) is 5.92 Å². The smallest absolute Gasteiger partial charge is 0.315 e. The lowest BCUT2D eigenvalue weighted by Crippen LogP contribution is -2.48. The van der Waals surface area contributed by atoms with Gasteiger partial charge in [-0.15, -0.1) is 0 Å². The Morgan fingerprint density at radius 1 is 1.10 bits per heavy atom. The lowest BCUT2D eigenvalue weighted by atomic mass is 9.75. The van der Waals surface area contributed by atoms with Gasteiger partial charge in [0.1, 0.15) is 0 Å². The van der Waals surface area contributed by atoms with Crippen molar-refractivity contribution in [2.24, 2.45) is 11.3 Å². The molecule has 0 aromatic carbocycles. The van der Waals surface area contributed by atoms with Crippen molar-refractivity contribution < 1.29 is 14.7 Å². The highest BCUT2D eigenvalue weighted by molar-refractivity contribution is 5.75. The molecule has 2 aliphatic rings. The van der Waals surface area contributed by atoms with Crippen molar-refractivity contribution in [1.29, 1.82) is 0 Å². The molecular weight excluding hydrogens is 256 g/mol. The maximum absolute atomic E-state index is 12.0. The Kier molecular flexibility index (Phi) is 4.55. The zero-order chi connectivity index (χ0) is 14.8. The van der Waals surface area contributed by atoms with E-state index >= 15 is 0 Å². The fourth-order valence-electron chi connectivity index (χ4n) is 3.57. The molecule has 0 bridgehead atoms. The van der Waals surface area contributed by atoms with Gasteiger partial charge in [-0.2, -0.15) is 0 Å². The van der Waals surface area contributed by atoms with Crippen LogP contribution in [0.2, 0.25) is 0 Å². The summed E-state index contributed by atoms with van der Waals surface area (Å²) in [6, 6.07) is 0.117. The summed E-state index contributed by atoms with van der Waals surface area (Å²) in [6.07, 6.45) is 6.41. The predicted octanol–water partition coefficient (Wildman–Crippen LogP) is 2.51. The van der Waals surface area contributed by atoms with Gasteiger partial charge in [-0.25, -0.2) is 4.79 Å². The molecule has 5 heteroatoms. The molecule has 0 aliphatic heterocycles. The number of carbonyl (C=O) groups is 2. The van der Waals surface area contributed by atoms with Gasteiger partial charge in [-0.05, 0) is 43.9 Å². The first-order valence-corrected chi connectivity index (χ1v) is 7.65. The number of carbonyl (C=O) groups excluding carboxylic acids is 1. The first-order valence-electron chi connectivity index (χ1n) is 7.65. The molecular formula is C15H26N2O3. The van der Waals surface area contributed by atoms with E-state index in [1.54, 1.807) is 0 Å². The van der Waals surface area contributed by atoms with Gasteiger partial charge in [-0.3, -0.25) is 4.79 Å². The third-order valence-electron chi connectivity index (χ3n) is 4.66. The Hall–Kier alpha value is -1.26. The number of amides is 2. The van der Waals surface area contributed by atoms with E-state index in [0.29, 0.717) is 18.3 Å². The van der Waals surface area contributed by atoms with Crippen LogP contribution in [0.1, 0.15) is 58.8 Å². The standard InChI is InChI=1S/C15H26N2O3/c1-15(2)7-3-4-12(9-15)17-14(20)16-11-6-5-10(8-11)13(18)19/h10-12H,3-9H2,1-2H3,(H,18,19)(H2,16,17,20). The molecule has 2 saturated carbocycles. The number of rotatable bonds is 3. The fourth-order valence-corrected chi connectivity index (χ4v) is 3.57. The van der Waals surface area contributed by atoms with Gasteiger partial charge < -0.3 is 15.7 Å². The molecule has 2 rings (SSSR count). The summed E-state index contributed by atoms with van der Waals surface area (Å²) >= 11 is 0. The highest BCUT2D eigenvalue weighted by Crippen LogP contribution is 2.35. The molecule has 0 aromatic rings. The predicted molar refractivity (Wildman–Crippen MR) is 76.5 cm³/mol. The number of urea groups is 1. The maximum Gasteiger partial charge on any atom is 0.315 e. The molecule has 0 radical (unpaired) electrons. The SMILES string of the molecule is CC1(C)CCCC(NC(=O)NC2CCC(C(=O)O)C2)C1. The molecule has 3 N–H and O–H groups in total. The molecule has 2 fully saturated rings. The van der Waals surface area contributed by atoms with Crippen molar-refractivity contribution >= 4 is 12.0 Å². The Labute approximate surface area is 120 Å². The second-order valence-electron chi connectivity index (χ2n) is 7.12. The van der Waals surface area contributed by atoms with E-state index in [0.717, 1.165) is 25.7 Å². The molecule has 0 heterocycles. The Bertz CT molecular complexity index is 381. The van der Waals surface area contributed by atoms with Crippen molar-refractivity contribution in [2.75, 3.05) is 0 Å². The summed E-state index contributed by atoms with van der Waals surface area (Å²) < 4.78 is 0. The van der Waals surface area contributed by atoms with Gasteiger partial charge >= 0.3 is 12.0 Å². The molecule has 2 aliphatic carbocycles. The number of hydrogen-bond donors (Lipinski definition) is 3. The first-order chi connectivity index (χ1) is 9.35. The summed E-state index contributed by atoms with van der Waals surface area (Å²) in [5.41, 5.74) is 0.304. The molecule has 0 aromatic heterocycles. The third kappa shape index (κ3) is 4.12. The maximum atomic E-state index is 12.0.